The van der Waals surface area contributed by atoms with Crippen LogP contribution in [-0.4, -0.2) is 38.7 Å². The maximum absolute atomic E-state index is 13.1. The molecule has 0 heterocycles. The number of benzene rings is 3. The van der Waals surface area contributed by atoms with Crippen molar-refractivity contribution in [1.82, 2.24) is 5.32 Å². The van der Waals surface area contributed by atoms with Crippen LogP contribution in [0.4, 0.5) is 0 Å². The maximum Gasteiger partial charge on any atom is 0.328 e. The van der Waals surface area contributed by atoms with Crippen molar-refractivity contribution in [3.05, 3.63) is 70.7 Å². The van der Waals surface area contributed by atoms with Crippen molar-refractivity contribution in [3.8, 4) is 11.1 Å². The third-order valence-corrected chi connectivity index (χ3v) is 5.20. The zero-order valence-electron chi connectivity index (χ0n) is 16.3. The Labute approximate surface area is 178 Å². The Morgan fingerprint density at radius 3 is 2.52 bits per heavy atom. The number of methoxy groups -OCH3 is 2. The minimum Gasteiger partial charge on any atom is -0.467 e. The zero-order valence-corrected chi connectivity index (χ0v) is 17.9. The number of carbonyl (C=O) groups is 2. The molecule has 5 nitrogen and oxygen atoms in total. The molecule has 3 aromatic rings. The van der Waals surface area contributed by atoms with Gasteiger partial charge < -0.3 is 14.8 Å². The standard InChI is InChI=1S/C23H22BrNO4/c1-28-13-12-21(23(27)29-2)25-22(26)19-11-10-16(24)14-20(19)18-9-5-7-15-6-3-4-8-17(15)18/h3-11,14,21H,12-13H2,1-2H3,(H,25,26)/t21-/m0/s1. The van der Waals surface area contributed by atoms with Gasteiger partial charge in [0.15, 0.2) is 0 Å². The van der Waals surface area contributed by atoms with Crippen molar-refractivity contribution < 1.29 is 19.1 Å². The number of carbonyl (C=O) groups excluding carboxylic acids is 2. The first-order valence-corrected chi connectivity index (χ1v) is 9.99. The summed E-state index contributed by atoms with van der Waals surface area (Å²) in [7, 11) is 2.85. The van der Waals surface area contributed by atoms with E-state index in [4.69, 9.17) is 9.47 Å². The van der Waals surface area contributed by atoms with Gasteiger partial charge in [0, 0.05) is 30.2 Å². The second-order valence-electron chi connectivity index (χ2n) is 6.55. The fourth-order valence-electron chi connectivity index (χ4n) is 3.26. The molecule has 29 heavy (non-hydrogen) atoms. The number of esters is 1. The molecular formula is C23H22BrNO4. The lowest BCUT2D eigenvalue weighted by Crippen LogP contribution is -2.42. The van der Waals surface area contributed by atoms with Crippen LogP contribution in [-0.2, 0) is 14.3 Å². The summed E-state index contributed by atoms with van der Waals surface area (Å²) in [5.41, 5.74) is 2.21. The molecule has 0 bridgehead atoms. The van der Waals surface area contributed by atoms with E-state index in [1.165, 1.54) is 7.11 Å². The number of hydrogen-bond acceptors (Lipinski definition) is 4. The number of amides is 1. The molecule has 0 aliphatic carbocycles. The highest BCUT2D eigenvalue weighted by Crippen LogP contribution is 2.33. The first kappa shape index (κ1) is 21.0. The van der Waals surface area contributed by atoms with Gasteiger partial charge in [0.2, 0.25) is 0 Å². The molecule has 0 aromatic heterocycles. The largest absolute Gasteiger partial charge is 0.467 e. The Balaban J connectivity index is 2.02. The van der Waals surface area contributed by atoms with Crippen LogP contribution in [0.5, 0.6) is 0 Å². The highest BCUT2D eigenvalue weighted by atomic mass is 79.9. The predicted molar refractivity (Wildman–Crippen MR) is 117 cm³/mol. The van der Waals surface area contributed by atoms with E-state index in [9.17, 15) is 9.59 Å². The lowest BCUT2D eigenvalue weighted by Gasteiger charge is -2.18. The summed E-state index contributed by atoms with van der Waals surface area (Å²) >= 11 is 3.50. The summed E-state index contributed by atoms with van der Waals surface area (Å²) < 4.78 is 10.7. The number of rotatable bonds is 7. The molecule has 1 N–H and O–H groups in total. The molecule has 1 amide bonds. The predicted octanol–water partition coefficient (Wildman–Crippen LogP) is 4.58. The lowest BCUT2D eigenvalue weighted by molar-refractivity contribution is -0.143. The topological polar surface area (TPSA) is 64.6 Å². The van der Waals surface area contributed by atoms with Gasteiger partial charge in [-0.3, -0.25) is 4.79 Å². The van der Waals surface area contributed by atoms with Crippen LogP contribution >= 0.6 is 15.9 Å². The number of fused-ring (bicyclic) bond motifs is 1. The third kappa shape index (κ3) is 4.83. The van der Waals surface area contributed by atoms with Crippen LogP contribution in [0.3, 0.4) is 0 Å². The van der Waals surface area contributed by atoms with Crippen molar-refractivity contribution in [2.24, 2.45) is 0 Å². The molecule has 3 aromatic carbocycles. The van der Waals surface area contributed by atoms with E-state index < -0.39 is 12.0 Å². The van der Waals surface area contributed by atoms with E-state index in [0.29, 0.717) is 18.6 Å². The van der Waals surface area contributed by atoms with Gasteiger partial charge in [-0.2, -0.15) is 0 Å². The minimum atomic E-state index is -0.781. The molecule has 0 radical (unpaired) electrons. The van der Waals surface area contributed by atoms with Crippen molar-refractivity contribution in [2.45, 2.75) is 12.5 Å². The third-order valence-electron chi connectivity index (χ3n) is 4.71. The SMILES string of the molecule is COCC[C@H](NC(=O)c1ccc(Br)cc1-c1cccc2ccccc12)C(=O)OC. The van der Waals surface area contributed by atoms with E-state index in [0.717, 1.165) is 26.4 Å². The minimum absolute atomic E-state index is 0.328. The summed E-state index contributed by atoms with van der Waals surface area (Å²) in [5.74, 6) is -0.842. The van der Waals surface area contributed by atoms with E-state index in [2.05, 4.69) is 21.2 Å². The van der Waals surface area contributed by atoms with Crippen LogP contribution in [0.25, 0.3) is 21.9 Å². The highest BCUT2D eigenvalue weighted by molar-refractivity contribution is 9.10. The molecule has 1 atom stereocenters. The second-order valence-corrected chi connectivity index (χ2v) is 7.46. The van der Waals surface area contributed by atoms with E-state index in [1.54, 1.807) is 13.2 Å². The van der Waals surface area contributed by atoms with Gasteiger partial charge in [-0.25, -0.2) is 4.79 Å². The molecule has 0 spiro atoms. The molecule has 0 aliphatic heterocycles. The number of ether oxygens (including phenoxy) is 2. The second kappa shape index (κ2) is 9.67. The van der Waals surface area contributed by atoms with E-state index >= 15 is 0 Å². The van der Waals surface area contributed by atoms with E-state index in [1.807, 2.05) is 54.6 Å². The fourth-order valence-corrected chi connectivity index (χ4v) is 3.62. The van der Waals surface area contributed by atoms with Gasteiger partial charge in [0.05, 0.1) is 7.11 Å². The smallest absolute Gasteiger partial charge is 0.328 e. The Morgan fingerprint density at radius 1 is 1.00 bits per heavy atom. The molecule has 0 unspecified atom stereocenters. The first-order valence-electron chi connectivity index (χ1n) is 9.20. The van der Waals surface area contributed by atoms with Gasteiger partial charge in [0.1, 0.15) is 6.04 Å². The molecular weight excluding hydrogens is 434 g/mol. The summed E-state index contributed by atoms with van der Waals surface area (Å²) in [6, 6.07) is 18.7. The average molecular weight is 456 g/mol. The first-order chi connectivity index (χ1) is 14.0. The quantitative estimate of drug-likeness (QED) is 0.529. The molecule has 0 aliphatic rings. The van der Waals surface area contributed by atoms with Crippen molar-refractivity contribution >= 4 is 38.6 Å². The average Bonchev–Trinajstić information content (AvgIpc) is 2.75. The molecule has 0 saturated heterocycles. The summed E-state index contributed by atoms with van der Waals surface area (Å²) in [6.45, 7) is 0.330. The maximum atomic E-state index is 13.1. The Kier molecular flexibility index (Phi) is 7.01. The van der Waals surface area contributed by atoms with Crippen LogP contribution in [0, 0.1) is 0 Å². The molecule has 0 saturated carbocycles. The molecule has 3 rings (SSSR count). The van der Waals surface area contributed by atoms with Crippen LogP contribution < -0.4 is 5.32 Å². The van der Waals surface area contributed by atoms with Crippen molar-refractivity contribution in [2.75, 3.05) is 20.8 Å². The zero-order chi connectivity index (χ0) is 20.8. The van der Waals surface area contributed by atoms with Crippen LogP contribution in [0.15, 0.2) is 65.1 Å². The molecule has 6 heteroatoms. The van der Waals surface area contributed by atoms with Gasteiger partial charge in [-0.05, 0) is 40.1 Å². The normalized spacial score (nSPS) is 11.8. The monoisotopic (exact) mass is 455 g/mol. The van der Waals surface area contributed by atoms with Crippen molar-refractivity contribution in [1.29, 1.82) is 0 Å². The molecule has 150 valence electrons. The summed E-state index contributed by atoms with van der Waals surface area (Å²) in [5, 5.41) is 4.92. The number of hydrogen-bond donors (Lipinski definition) is 1. The molecule has 0 fully saturated rings. The highest BCUT2D eigenvalue weighted by Gasteiger charge is 2.24. The lowest BCUT2D eigenvalue weighted by atomic mass is 9.94. The summed E-state index contributed by atoms with van der Waals surface area (Å²) in [4.78, 5) is 25.2. The van der Waals surface area contributed by atoms with E-state index in [-0.39, 0.29) is 5.91 Å². The van der Waals surface area contributed by atoms with Gasteiger partial charge in [0.25, 0.3) is 5.91 Å². The van der Waals surface area contributed by atoms with Gasteiger partial charge in [-0.1, -0.05) is 58.4 Å². The fraction of sp³-hybridized carbons (Fsp3) is 0.217. The van der Waals surface area contributed by atoms with Crippen molar-refractivity contribution in [3.63, 3.8) is 0 Å². The van der Waals surface area contributed by atoms with Gasteiger partial charge >= 0.3 is 5.97 Å². The van der Waals surface area contributed by atoms with Crippen LogP contribution in [0.2, 0.25) is 0 Å². The Hall–Kier alpha value is -2.70. The number of halogens is 1. The van der Waals surface area contributed by atoms with Gasteiger partial charge in [-0.15, -0.1) is 0 Å². The Morgan fingerprint density at radius 2 is 1.76 bits per heavy atom. The Bertz CT molecular complexity index is 1030. The summed E-state index contributed by atoms with van der Waals surface area (Å²) in [6.07, 6.45) is 0.328. The number of nitrogens with one attached hydrogen (secondary N) is 1. The van der Waals surface area contributed by atoms with Crippen LogP contribution in [0.1, 0.15) is 16.8 Å².